The van der Waals surface area contributed by atoms with Gasteiger partial charge in [-0.25, -0.2) is 0 Å². The number of amides is 1. The van der Waals surface area contributed by atoms with Crippen LogP contribution < -0.4 is 16.8 Å². The van der Waals surface area contributed by atoms with Gasteiger partial charge in [-0.05, 0) is 6.08 Å². The zero-order valence-corrected chi connectivity index (χ0v) is 13.5. The van der Waals surface area contributed by atoms with Gasteiger partial charge < -0.3 is 36.8 Å². The molecule has 0 aromatic heterocycles. The van der Waals surface area contributed by atoms with Crippen LogP contribution in [0.2, 0.25) is 0 Å². The van der Waals surface area contributed by atoms with Gasteiger partial charge in [0.25, 0.3) is 0 Å². The van der Waals surface area contributed by atoms with Crippen molar-refractivity contribution in [1.29, 1.82) is 0 Å². The van der Waals surface area contributed by atoms with E-state index in [2.05, 4.69) is 10.3 Å². The van der Waals surface area contributed by atoms with Gasteiger partial charge in [0.1, 0.15) is 18.3 Å². The molecule has 24 heavy (non-hydrogen) atoms. The standard InChI is InChI=1S/C14H24N4O6/c1-6(20)10-3-8(4-17-14(15)16)11(18-7(2)21)13(24-10)12(23)9(22)5-19/h3,8-9,11-13,19,22-23H,4-5H2,1-2H3,(H,18,21)(H4,15,16,17)/t8-,9-,11-,12-,13-/m1/s1. The predicted octanol–water partition coefficient (Wildman–Crippen LogP) is -3.03. The van der Waals surface area contributed by atoms with Crippen molar-refractivity contribution in [1.82, 2.24) is 5.32 Å². The van der Waals surface area contributed by atoms with E-state index in [9.17, 15) is 19.8 Å². The van der Waals surface area contributed by atoms with E-state index in [4.69, 9.17) is 21.3 Å². The summed E-state index contributed by atoms with van der Waals surface area (Å²) in [5.41, 5.74) is 10.6. The molecule has 1 rings (SSSR count). The van der Waals surface area contributed by atoms with Gasteiger partial charge in [0.2, 0.25) is 5.91 Å². The third-order valence-corrected chi connectivity index (χ3v) is 3.56. The Morgan fingerprint density at radius 1 is 1.38 bits per heavy atom. The zero-order valence-electron chi connectivity index (χ0n) is 13.5. The van der Waals surface area contributed by atoms with Crippen molar-refractivity contribution in [3.63, 3.8) is 0 Å². The van der Waals surface area contributed by atoms with Crippen LogP contribution in [-0.4, -0.2) is 70.5 Å². The van der Waals surface area contributed by atoms with Crippen molar-refractivity contribution in [3.05, 3.63) is 11.8 Å². The van der Waals surface area contributed by atoms with Gasteiger partial charge in [0.15, 0.2) is 17.5 Å². The molecule has 0 aliphatic carbocycles. The molecule has 0 saturated heterocycles. The number of aliphatic imine (C=N–C) groups is 1. The highest BCUT2D eigenvalue weighted by Crippen LogP contribution is 2.27. The van der Waals surface area contributed by atoms with Crippen LogP contribution in [0.1, 0.15) is 13.8 Å². The van der Waals surface area contributed by atoms with Crippen molar-refractivity contribution in [2.24, 2.45) is 22.4 Å². The number of aliphatic hydroxyl groups excluding tert-OH is 3. The number of hydrogen-bond acceptors (Lipinski definition) is 7. The minimum absolute atomic E-state index is 0.0336. The Kier molecular flexibility index (Phi) is 7.14. The molecule has 136 valence electrons. The van der Waals surface area contributed by atoms with Crippen LogP contribution in [0.25, 0.3) is 0 Å². The van der Waals surface area contributed by atoms with Crippen LogP contribution >= 0.6 is 0 Å². The fourth-order valence-corrected chi connectivity index (χ4v) is 2.41. The lowest BCUT2D eigenvalue weighted by molar-refractivity contribution is -0.133. The molecule has 1 amide bonds. The molecule has 0 bridgehead atoms. The predicted molar refractivity (Wildman–Crippen MR) is 84.5 cm³/mol. The molecule has 1 aliphatic heterocycles. The summed E-state index contributed by atoms with van der Waals surface area (Å²) < 4.78 is 5.45. The number of nitrogens with one attached hydrogen (secondary N) is 1. The summed E-state index contributed by atoms with van der Waals surface area (Å²) in [6, 6.07) is -0.815. The van der Waals surface area contributed by atoms with Crippen LogP contribution in [0.4, 0.5) is 0 Å². The molecule has 0 saturated carbocycles. The quantitative estimate of drug-likeness (QED) is 0.208. The third-order valence-electron chi connectivity index (χ3n) is 3.56. The number of aliphatic hydroxyl groups is 3. The molecule has 10 nitrogen and oxygen atoms in total. The molecular formula is C14H24N4O6. The maximum Gasteiger partial charge on any atom is 0.217 e. The summed E-state index contributed by atoms with van der Waals surface area (Å²) >= 11 is 0. The second-order valence-corrected chi connectivity index (χ2v) is 5.57. The van der Waals surface area contributed by atoms with Crippen LogP contribution in [0.5, 0.6) is 0 Å². The number of guanidine groups is 1. The number of rotatable bonds is 7. The number of ketones is 1. The van der Waals surface area contributed by atoms with E-state index in [1.165, 1.54) is 19.9 Å². The van der Waals surface area contributed by atoms with Crippen molar-refractivity contribution in [2.75, 3.05) is 13.2 Å². The molecule has 0 unspecified atom stereocenters. The topological polar surface area (TPSA) is 180 Å². The van der Waals surface area contributed by atoms with Crippen molar-refractivity contribution < 1.29 is 29.6 Å². The van der Waals surface area contributed by atoms with Gasteiger partial charge >= 0.3 is 0 Å². The molecule has 0 aromatic rings. The zero-order chi connectivity index (χ0) is 18.4. The first kappa shape index (κ1) is 19.9. The van der Waals surface area contributed by atoms with Crippen LogP contribution in [0.3, 0.4) is 0 Å². The van der Waals surface area contributed by atoms with Crippen molar-refractivity contribution in [2.45, 2.75) is 38.2 Å². The van der Waals surface area contributed by atoms with E-state index in [1.54, 1.807) is 0 Å². The first-order valence-corrected chi connectivity index (χ1v) is 7.36. The molecule has 0 aromatic carbocycles. The SMILES string of the molecule is CC(=O)N[C@H]1[C@H]([C@H](O)[C@H](O)CO)OC(C(C)=O)=C[C@@H]1CN=C(N)N. The van der Waals surface area contributed by atoms with Gasteiger partial charge in [-0.1, -0.05) is 0 Å². The number of carbonyl (C=O) groups excluding carboxylic acids is 2. The maximum absolute atomic E-state index is 11.7. The van der Waals surface area contributed by atoms with E-state index < -0.39 is 48.6 Å². The van der Waals surface area contributed by atoms with Crippen LogP contribution in [-0.2, 0) is 14.3 Å². The molecule has 10 heteroatoms. The van der Waals surface area contributed by atoms with E-state index in [1.807, 2.05) is 0 Å². The normalized spacial score (nSPS) is 25.7. The molecule has 1 aliphatic rings. The number of Topliss-reactive ketones (excluding diaryl/α,β-unsaturated/α-hetero) is 1. The molecule has 1 heterocycles. The highest BCUT2D eigenvalue weighted by Gasteiger charge is 2.42. The number of allylic oxidation sites excluding steroid dienone is 1. The average Bonchev–Trinajstić information content (AvgIpc) is 2.51. The first-order chi connectivity index (χ1) is 11.2. The number of ether oxygens (including phenoxy) is 1. The monoisotopic (exact) mass is 344 g/mol. The molecule has 0 fully saturated rings. The molecule has 0 spiro atoms. The fraction of sp³-hybridized carbons (Fsp3) is 0.643. The largest absolute Gasteiger partial charge is 0.482 e. The van der Waals surface area contributed by atoms with E-state index in [0.717, 1.165) is 0 Å². The number of nitrogens with two attached hydrogens (primary N) is 2. The molecule has 8 N–H and O–H groups in total. The highest BCUT2D eigenvalue weighted by molar-refractivity contribution is 5.91. The number of hydrogen-bond donors (Lipinski definition) is 6. The van der Waals surface area contributed by atoms with E-state index in [-0.39, 0.29) is 18.3 Å². The second kappa shape index (κ2) is 8.62. The summed E-state index contributed by atoms with van der Waals surface area (Å²) in [7, 11) is 0. The number of nitrogens with zero attached hydrogens (tertiary/aromatic N) is 1. The van der Waals surface area contributed by atoms with Gasteiger partial charge in [-0.2, -0.15) is 0 Å². The summed E-state index contributed by atoms with van der Waals surface area (Å²) in [6.45, 7) is 1.86. The second-order valence-electron chi connectivity index (χ2n) is 5.57. The lowest BCUT2D eigenvalue weighted by Gasteiger charge is -2.39. The van der Waals surface area contributed by atoms with Gasteiger partial charge in [0, 0.05) is 19.8 Å². The highest BCUT2D eigenvalue weighted by atomic mass is 16.5. The minimum atomic E-state index is -1.54. The lowest BCUT2D eigenvalue weighted by Crippen LogP contribution is -2.58. The molecular weight excluding hydrogens is 320 g/mol. The van der Waals surface area contributed by atoms with Crippen LogP contribution in [0.15, 0.2) is 16.8 Å². The molecule has 0 radical (unpaired) electrons. The van der Waals surface area contributed by atoms with Crippen LogP contribution in [0, 0.1) is 5.92 Å². The molecule has 5 atom stereocenters. The average molecular weight is 344 g/mol. The fourth-order valence-electron chi connectivity index (χ4n) is 2.41. The van der Waals surface area contributed by atoms with E-state index in [0.29, 0.717) is 0 Å². The van der Waals surface area contributed by atoms with Gasteiger partial charge in [0.05, 0.1) is 19.2 Å². The summed E-state index contributed by atoms with van der Waals surface area (Å²) in [5.74, 6) is -1.58. The van der Waals surface area contributed by atoms with Crippen molar-refractivity contribution in [3.8, 4) is 0 Å². The Labute approximate surface area is 139 Å². The number of carbonyl (C=O) groups is 2. The minimum Gasteiger partial charge on any atom is -0.482 e. The summed E-state index contributed by atoms with van der Waals surface area (Å²) in [4.78, 5) is 27.0. The third kappa shape index (κ3) is 5.18. The maximum atomic E-state index is 11.7. The lowest BCUT2D eigenvalue weighted by atomic mass is 9.87. The Morgan fingerprint density at radius 2 is 2.00 bits per heavy atom. The summed E-state index contributed by atoms with van der Waals surface area (Å²) in [5, 5.41) is 31.5. The van der Waals surface area contributed by atoms with Crippen molar-refractivity contribution >= 4 is 17.6 Å². The van der Waals surface area contributed by atoms with Gasteiger partial charge in [-0.3, -0.25) is 14.6 Å². The van der Waals surface area contributed by atoms with Gasteiger partial charge in [-0.15, -0.1) is 0 Å². The Bertz CT molecular complexity index is 531. The summed E-state index contributed by atoms with van der Waals surface area (Å²) in [6.07, 6.45) is -2.76. The Hall–Kier alpha value is -2.17. The Morgan fingerprint density at radius 3 is 2.46 bits per heavy atom. The first-order valence-electron chi connectivity index (χ1n) is 7.36. The Balaban J connectivity index is 3.23. The van der Waals surface area contributed by atoms with E-state index >= 15 is 0 Å². The smallest absolute Gasteiger partial charge is 0.217 e.